The van der Waals surface area contributed by atoms with E-state index in [-0.39, 0.29) is 0 Å². The summed E-state index contributed by atoms with van der Waals surface area (Å²) in [5.41, 5.74) is 21.0. The van der Waals surface area contributed by atoms with Crippen molar-refractivity contribution in [1.82, 2.24) is 0 Å². The van der Waals surface area contributed by atoms with Gasteiger partial charge in [-0.2, -0.15) is 5.26 Å². The predicted molar refractivity (Wildman–Crippen MR) is 311 cm³/mol. The van der Waals surface area contributed by atoms with Gasteiger partial charge in [-0.05, 0) is 179 Å². The molecule has 0 unspecified atom stereocenters. The van der Waals surface area contributed by atoms with E-state index >= 15 is 0 Å². The number of nitriles is 1. The second-order valence-corrected chi connectivity index (χ2v) is 19.6. The normalized spacial score (nSPS) is 11.2. The van der Waals surface area contributed by atoms with Crippen LogP contribution >= 0.6 is 0 Å². The molecule has 0 saturated carbocycles. The lowest BCUT2D eigenvalue weighted by atomic mass is 9.91. The topological polar surface area (TPSA) is 34.6 Å². The lowest BCUT2D eigenvalue weighted by molar-refractivity contribution is 1.29. The molecule has 74 heavy (non-hydrogen) atoms. The Kier molecular flexibility index (Phi) is 11.5. The Morgan fingerprint density at radius 3 is 1.04 bits per heavy atom. The minimum Gasteiger partial charge on any atom is -0.310 e. The van der Waals surface area contributed by atoms with E-state index in [9.17, 15) is 5.26 Å². The monoisotopic (exact) mass is 946 g/mol. The van der Waals surface area contributed by atoms with E-state index in [2.05, 4.69) is 255 Å². The summed E-state index contributed by atoms with van der Waals surface area (Å²) in [6.45, 7) is 16.4. The van der Waals surface area contributed by atoms with Crippen LogP contribution in [0.3, 0.4) is 0 Å². The van der Waals surface area contributed by atoms with Crippen LogP contribution in [-0.2, 0) is 0 Å². The number of hydrogen-bond donors (Lipinski definition) is 0. The maximum Gasteiger partial charge on any atom is 0.187 e. The van der Waals surface area contributed by atoms with Crippen LogP contribution in [0.5, 0.6) is 0 Å². The zero-order chi connectivity index (χ0) is 50.5. The first-order valence-electron chi connectivity index (χ1n) is 25.0. The second-order valence-electron chi connectivity index (χ2n) is 19.6. The van der Waals surface area contributed by atoms with E-state index in [0.29, 0.717) is 11.3 Å². The zero-order valence-corrected chi connectivity index (χ0v) is 41.7. The number of benzene rings is 12. The largest absolute Gasteiger partial charge is 0.310 e. The summed E-state index contributed by atoms with van der Waals surface area (Å²) < 4.78 is 0. The third-order valence-corrected chi connectivity index (χ3v) is 14.3. The molecule has 0 spiro atoms. The van der Waals surface area contributed by atoms with Crippen LogP contribution in [0.2, 0.25) is 0 Å². The zero-order valence-electron chi connectivity index (χ0n) is 41.7. The molecule has 12 aromatic rings. The molecule has 0 aliphatic rings. The third-order valence-electron chi connectivity index (χ3n) is 14.3. The van der Waals surface area contributed by atoms with E-state index in [1.54, 1.807) is 0 Å². The lowest BCUT2D eigenvalue weighted by Gasteiger charge is -2.30. The number of anilines is 6. The van der Waals surface area contributed by atoms with Crippen LogP contribution in [-0.4, -0.2) is 0 Å². The average molecular weight is 947 g/mol. The van der Waals surface area contributed by atoms with Crippen LogP contribution in [0, 0.1) is 45.6 Å². The summed E-state index contributed by atoms with van der Waals surface area (Å²) in [5, 5.41) is 16.8. The van der Waals surface area contributed by atoms with E-state index in [4.69, 9.17) is 6.57 Å². The summed E-state index contributed by atoms with van der Waals surface area (Å²) in [6, 6.07) is 85.1. The van der Waals surface area contributed by atoms with Gasteiger partial charge in [0.05, 0.1) is 29.6 Å². The molecule has 0 fully saturated rings. The molecule has 0 saturated heterocycles. The standard InChI is InChI=1S/C70H50N4/c1-45-10-6-14-52(34-45)56-38-57(53-15-7-11-46(2)35-53)41-63(40-56)73(61-26-18-49(44-71)19-27-61)67-32-22-50-21-31-66-68(33-23-51-20-30-65(67)69(50)70(51)66)74(62-28-24-60(72-5)25-29-62)64-42-58(54-16-8-12-47(3)36-54)39-59(43-64)55-17-9-13-48(4)37-55/h6-43H,1-4H3. The summed E-state index contributed by atoms with van der Waals surface area (Å²) >= 11 is 0. The molecule has 0 aliphatic heterocycles. The molecule has 350 valence electrons. The first kappa shape index (κ1) is 45.4. The van der Waals surface area contributed by atoms with Crippen molar-refractivity contribution in [3.8, 4) is 50.6 Å². The van der Waals surface area contributed by atoms with Crippen molar-refractivity contribution >= 4 is 72.1 Å². The number of nitrogens with zero attached hydrogens (tertiary/aromatic N) is 4. The third kappa shape index (κ3) is 8.45. The number of hydrogen-bond acceptors (Lipinski definition) is 3. The van der Waals surface area contributed by atoms with E-state index in [1.165, 1.54) is 33.0 Å². The molecule has 12 aromatic carbocycles. The molecular weight excluding hydrogens is 897 g/mol. The highest BCUT2D eigenvalue weighted by Gasteiger charge is 2.24. The van der Waals surface area contributed by atoms with E-state index < -0.39 is 0 Å². The summed E-state index contributed by atoms with van der Waals surface area (Å²) in [4.78, 5) is 8.51. The van der Waals surface area contributed by atoms with E-state index in [1.807, 2.05) is 24.3 Å². The smallest absolute Gasteiger partial charge is 0.187 e. The van der Waals surface area contributed by atoms with Crippen molar-refractivity contribution in [1.29, 1.82) is 5.26 Å². The van der Waals surface area contributed by atoms with Crippen LogP contribution in [0.25, 0.3) is 81.7 Å². The lowest BCUT2D eigenvalue weighted by Crippen LogP contribution is -2.12. The second kappa shape index (κ2) is 18.8. The number of rotatable bonds is 10. The Hall–Kier alpha value is -9.74. The quantitative estimate of drug-likeness (QED) is 0.101. The molecule has 0 atom stereocenters. The summed E-state index contributed by atoms with van der Waals surface area (Å²) in [7, 11) is 0. The van der Waals surface area contributed by atoms with Gasteiger partial charge in [-0.25, -0.2) is 4.85 Å². The van der Waals surface area contributed by atoms with Gasteiger partial charge in [0.25, 0.3) is 0 Å². The van der Waals surface area contributed by atoms with Crippen LogP contribution < -0.4 is 9.80 Å². The van der Waals surface area contributed by atoms with Crippen LogP contribution in [0.1, 0.15) is 27.8 Å². The molecule has 0 N–H and O–H groups in total. The van der Waals surface area contributed by atoms with Gasteiger partial charge >= 0.3 is 0 Å². The van der Waals surface area contributed by atoms with Crippen molar-refractivity contribution in [2.45, 2.75) is 27.7 Å². The minimum absolute atomic E-state index is 0.591. The van der Waals surface area contributed by atoms with Gasteiger partial charge in [0.15, 0.2) is 5.69 Å². The Balaban J connectivity index is 1.11. The summed E-state index contributed by atoms with van der Waals surface area (Å²) in [5.74, 6) is 0. The van der Waals surface area contributed by atoms with Crippen molar-refractivity contribution < 1.29 is 0 Å². The molecule has 0 amide bonds. The molecular formula is C70H50N4. The fourth-order valence-corrected chi connectivity index (χ4v) is 10.8. The average Bonchev–Trinajstić information content (AvgIpc) is 3.43. The van der Waals surface area contributed by atoms with E-state index in [0.717, 1.165) is 100 Å². The van der Waals surface area contributed by atoms with Gasteiger partial charge < -0.3 is 9.80 Å². The van der Waals surface area contributed by atoms with Crippen LogP contribution in [0.15, 0.2) is 231 Å². The molecule has 0 radical (unpaired) electrons. The molecule has 4 heteroatoms. The molecule has 0 aromatic heterocycles. The highest BCUT2D eigenvalue weighted by atomic mass is 15.2. The molecule has 0 aliphatic carbocycles. The highest BCUT2D eigenvalue weighted by Crippen LogP contribution is 2.49. The first-order valence-corrected chi connectivity index (χ1v) is 25.0. The fourth-order valence-electron chi connectivity index (χ4n) is 10.8. The Bertz CT molecular complexity index is 3810. The molecule has 0 heterocycles. The fraction of sp³-hybridized carbons (Fsp3) is 0.0571. The van der Waals surface area contributed by atoms with Gasteiger partial charge in [-0.1, -0.05) is 168 Å². The van der Waals surface area contributed by atoms with Crippen molar-refractivity contribution in [3.05, 3.63) is 270 Å². The van der Waals surface area contributed by atoms with Gasteiger partial charge in [0.1, 0.15) is 0 Å². The maximum absolute atomic E-state index is 9.97. The summed E-state index contributed by atoms with van der Waals surface area (Å²) in [6.07, 6.45) is 0. The van der Waals surface area contributed by atoms with Gasteiger partial charge in [0.2, 0.25) is 0 Å². The SMILES string of the molecule is [C-]#[N+]c1ccc(N(c2cc(-c3cccc(C)c3)cc(-c3cccc(C)c3)c2)c2ccc3ccc4c(N(c5ccc(C#N)cc5)c5cc(-c6cccc(C)c6)cc(-c6cccc(C)c6)c5)ccc5ccc2c3c54)cc1. The van der Waals surface area contributed by atoms with Crippen molar-refractivity contribution in [3.63, 3.8) is 0 Å². The van der Waals surface area contributed by atoms with Gasteiger partial charge in [0, 0.05) is 33.5 Å². The predicted octanol–water partition coefficient (Wildman–Crippen LogP) is 19.8. The Labute approximate surface area is 433 Å². The van der Waals surface area contributed by atoms with Crippen LogP contribution in [0.4, 0.5) is 39.8 Å². The first-order chi connectivity index (χ1) is 36.2. The van der Waals surface area contributed by atoms with Crippen molar-refractivity contribution in [2.24, 2.45) is 0 Å². The Morgan fingerprint density at radius 2 is 0.703 bits per heavy atom. The number of aryl methyl sites for hydroxylation is 4. The molecule has 0 bridgehead atoms. The van der Waals surface area contributed by atoms with Gasteiger partial charge in [-0.15, -0.1) is 0 Å². The van der Waals surface area contributed by atoms with Crippen molar-refractivity contribution in [2.75, 3.05) is 9.80 Å². The molecule has 12 rings (SSSR count). The Morgan fingerprint density at radius 1 is 0.351 bits per heavy atom. The minimum atomic E-state index is 0.591. The highest BCUT2D eigenvalue weighted by molar-refractivity contribution is 6.28. The maximum atomic E-state index is 9.97. The van der Waals surface area contributed by atoms with Gasteiger partial charge in [-0.3, -0.25) is 0 Å². The molecule has 4 nitrogen and oxygen atoms in total.